The van der Waals surface area contributed by atoms with Crippen LogP contribution in [0, 0.1) is 0 Å². The Morgan fingerprint density at radius 3 is 2.16 bits per heavy atom. The van der Waals surface area contributed by atoms with E-state index in [0.29, 0.717) is 25.4 Å². The third-order valence-electron chi connectivity index (χ3n) is 4.05. The Labute approximate surface area is 148 Å². The molecule has 1 aromatic rings. The molecule has 0 N–H and O–H groups in total. The predicted molar refractivity (Wildman–Crippen MR) is 92.9 cm³/mol. The summed E-state index contributed by atoms with van der Waals surface area (Å²) in [6.45, 7) is 5.02. The molecule has 1 aliphatic rings. The second-order valence-electron chi connectivity index (χ2n) is 5.89. The molecule has 138 valence electrons. The van der Waals surface area contributed by atoms with E-state index in [9.17, 15) is 18.0 Å². The first-order chi connectivity index (χ1) is 11.8. The first-order valence-electron chi connectivity index (χ1n) is 8.35. The second-order valence-corrected chi connectivity index (χ2v) is 7.83. The van der Waals surface area contributed by atoms with Crippen LogP contribution < -0.4 is 4.74 Å². The molecule has 1 fully saturated rings. The SMILES string of the molecule is CCOc1ccc(S(=O)(=O)N2CCN(C(=O)CCC(C)=O)CC2)cc1. The molecule has 0 unspecified atom stereocenters. The third kappa shape index (κ3) is 5.02. The largest absolute Gasteiger partial charge is 0.494 e. The number of ketones is 1. The number of hydrogen-bond donors (Lipinski definition) is 0. The van der Waals surface area contributed by atoms with Gasteiger partial charge in [0.2, 0.25) is 15.9 Å². The van der Waals surface area contributed by atoms with Crippen molar-refractivity contribution in [3.05, 3.63) is 24.3 Å². The lowest BCUT2D eigenvalue weighted by atomic mass is 10.2. The zero-order chi connectivity index (χ0) is 18.4. The van der Waals surface area contributed by atoms with Gasteiger partial charge in [0.05, 0.1) is 11.5 Å². The lowest BCUT2D eigenvalue weighted by Gasteiger charge is -2.34. The smallest absolute Gasteiger partial charge is 0.243 e. The van der Waals surface area contributed by atoms with Crippen molar-refractivity contribution in [2.45, 2.75) is 31.6 Å². The highest BCUT2D eigenvalue weighted by molar-refractivity contribution is 7.89. The number of piperazine rings is 1. The van der Waals surface area contributed by atoms with E-state index in [1.807, 2.05) is 6.92 Å². The van der Waals surface area contributed by atoms with E-state index in [2.05, 4.69) is 0 Å². The van der Waals surface area contributed by atoms with Gasteiger partial charge >= 0.3 is 0 Å². The van der Waals surface area contributed by atoms with Gasteiger partial charge in [-0.15, -0.1) is 0 Å². The van der Waals surface area contributed by atoms with Gasteiger partial charge in [0.1, 0.15) is 11.5 Å². The maximum absolute atomic E-state index is 12.7. The van der Waals surface area contributed by atoms with Gasteiger partial charge < -0.3 is 14.4 Å². The third-order valence-corrected chi connectivity index (χ3v) is 5.97. The van der Waals surface area contributed by atoms with Crippen LogP contribution in [0.4, 0.5) is 0 Å². The summed E-state index contributed by atoms with van der Waals surface area (Å²) >= 11 is 0. The average Bonchev–Trinajstić information content (AvgIpc) is 2.60. The molecule has 0 aliphatic carbocycles. The van der Waals surface area contributed by atoms with Crippen molar-refractivity contribution < 1.29 is 22.7 Å². The highest BCUT2D eigenvalue weighted by atomic mass is 32.2. The van der Waals surface area contributed by atoms with Crippen LogP contribution in [0.3, 0.4) is 0 Å². The van der Waals surface area contributed by atoms with Crippen molar-refractivity contribution in [3.63, 3.8) is 0 Å². The number of hydrogen-bond acceptors (Lipinski definition) is 5. The van der Waals surface area contributed by atoms with Gasteiger partial charge in [0, 0.05) is 39.0 Å². The first kappa shape index (κ1) is 19.4. The van der Waals surface area contributed by atoms with E-state index in [0.717, 1.165) is 0 Å². The Bertz CT molecular complexity index is 707. The molecule has 1 saturated heterocycles. The summed E-state index contributed by atoms with van der Waals surface area (Å²) in [7, 11) is -3.58. The molecule has 1 heterocycles. The first-order valence-corrected chi connectivity index (χ1v) is 9.79. The molecule has 7 nitrogen and oxygen atoms in total. The van der Waals surface area contributed by atoms with Crippen LogP contribution in [-0.4, -0.2) is 62.1 Å². The molecule has 0 saturated carbocycles. The highest BCUT2D eigenvalue weighted by Crippen LogP contribution is 2.21. The molecule has 0 radical (unpaired) electrons. The van der Waals surface area contributed by atoms with Crippen LogP contribution in [0.2, 0.25) is 0 Å². The number of ether oxygens (including phenoxy) is 1. The standard InChI is InChI=1S/C17H24N2O5S/c1-3-24-15-5-7-16(8-6-15)25(22,23)19-12-10-18(11-13-19)17(21)9-4-14(2)20/h5-8H,3-4,9-13H2,1-2H3. The average molecular weight is 368 g/mol. The minimum absolute atomic E-state index is 0.0231. The van der Waals surface area contributed by atoms with Crippen molar-refractivity contribution >= 4 is 21.7 Å². The van der Waals surface area contributed by atoms with Crippen molar-refractivity contribution in [2.75, 3.05) is 32.8 Å². The molecule has 1 aliphatic heterocycles. The van der Waals surface area contributed by atoms with Crippen LogP contribution in [0.1, 0.15) is 26.7 Å². The van der Waals surface area contributed by atoms with Crippen LogP contribution in [0.25, 0.3) is 0 Å². The van der Waals surface area contributed by atoms with Crippen molar-refractivity contribution in [3.8, 4) is 5.75 Å². The minimum Gasteiger partial charge on any atom is -0.494 e. The van der Waals surface area contributed by atoms with Crippen LogP contribution in [0.15, 0.2) is 29.2 Å². The lowest BCUT2D eigenvalue weighted by molar-refractivity contribution is -0.134. The Kier molecular flexibility index (Phi) is 6.55. The van der Waals surface area contributed by atoms with Crippen molar-refractivity contribution in [2.24, 2.45) is 0 Å². The molecule has 0 spiro atoms. The predicted octanol–water partition coefficient (Wildman–Crippen LogP) is 1.29. The van der Waals surface area contributed by atoms with Gasteiger partial charge in [0.15, 0.2) is 0 Å². The number of benzene rings is 1. The van der Waals surface area contributed by atoms with E-state index in [1.165, 1.54) is 23.4 Å². The Morgan fingerprint density at radius 1 is 1.04 bits per heavy atom. The topological polar surface area (TPSA) is 84.0 Å². The minimum atomic E-state index is -3.58. The fourth-order valence-corrected chi connectivity index (χ4v) is 4.06. The normalized spacial score (nSPS) is 15.8. The fourth-order valence-electron chi connectivity index (χ4n) is 2.64. The van der Waals surface area contributed by atoms with Gasteiger partial charge in [-0.3, -0.25) is 4.79 Å². The van der Waals surface area contributed by atoms with E-state index < -0.39 is 10.0 Å². The van der Waals surface area contributed by atoms with Crippen LogP contribution in [-0.2, 0) is 19.6 Å². The summed E-state index contributed by atoms with van der Waals surface area (Å²) < 4.78 is 32.1. The molecule has 1 aromatic carbocycles. The van der Waals surface area contributed by atoms with E-state index >= 15 is 0 Å². The number of rotatable bonds is 7. The molecule has 0 atom stereocenters. The molecule has 1 amide bonds. The molecular weight excluding hydrogens is 344 g/mol. The fraction of sp³-hybridized carbons (Fsp3) is 0.529. The molecule has 0 bridgehead atoms. The summed E-state index contributed by atoms with van der Waals surface area (Å²) in [6, 6.07) is 6.34. The van der Waals surface area contributed by atoms with Crippen molar-refractivity contribution in [1.82, 2.24) is 9.21 Å². The van der Waals surface area contributed by atoms with Crippen LogP contribution in [0.5, 0.6) is 5.75 Å². The highest BCUT2D eigenvalue weighted by Gasteiger charge is 2.30. The number of nitrogens with zero attached hydrogens (tertiary/aromatic N) is 2. The van der Waals surface area contributed by atoms with Gasteiger partial charge in [-0.1, -0.05) is 0 Å². The summed E-state index contributed by atoms with van der Waals surface area (Å²) in [6.07, 6.45) is 0.407. The Balaban J connectivity index is 1.96. The molecule has 8 heteroatoms. The van der Waals surface area contributed by atoms with E-state index in [-0.39, 0.29) is 42.5 Å². The molecule has 0 aromatic heterocycles. The quantitative estimate of drug-likeness (QED) is 0.724. The number of carbonyl (C=O) groups is 2. The van der Waals surface area contributed by atoms with Gasteiger partial charge in [-0.25, -0.2) is 8.42 Å². The number of amides is 1. The molecule has 25 heavy (non-hydrogen) atoms. The lowest BCUT2D eigenvalue weighted by Crippen LogP contribution is -2.50. The molecular formula is C17H24N2O5S. The Hall–Kier alpha value is -1.93. The van der Waals surface area contributed by atoms with Crippen molar-refractivity contribution in [1.29, 1.82) is 0 Å². The van der Waals surface area contributed by atoms with Crippen LogP contribution >= 0.6 is 0 Å². The summed E-state index contributed by atoms with van der Waals surface area (Å²) in [5, 5.41) is 0. The van der Waals surface area contributed by atoms with E-state index in [1.54, 1.807) is 17.0 Å². The maximum atomic E-state index is 12.7. The number of carbonyl (C=O) groups excluding carboxylic acids is 2. The van der Waals surface area contributed by atoms with E-state index in [4.69, 9.17) is 4.74 Å². The second kappa shape index (κ2) is 8.44. The summed E-state index contributed by atoms with van der Waals surface area (Å²) in [5.41, 5.74) is 0. The number of sulfonamides is 1. The van der Waals surface area contributed by atoms with Gasteiger partial charge in [-0.05, 0) is 38.1 Å². The maximum Gasteiger partial charge on any atom is 0.243 e. The Morgan fingerprint density at radius 2 is 1.64 bits per heavy atom. The molecule has 2 rings (SSSR count). The summed E-state index contributed by atoms with van der Waals surface area (Å²) in [4.78, 5) is 24.8. The monoisotopic (exact) mass is 368 g/mol. The van der Waals surface area contributed by atoms with Gasteiger partial charge in [-0.2, -0.15) is 4.31 Å². The zero-order valence-corrected chi connectivity index (χ0v) is 15.4. The summed E-state index contributed by atoms with van der Waals surface area (Å²) in [5.74, 6) is 0.501. The number of Topliss-reactive ketones (excluding diaryl/α,β-unsaturated/α-hetero) is 1. The van der Waals surface area contributed by atoms with Gasteiger partial charge in [0.25, 0.3) is 0 Å². The zero-order valence-electron chi connectivity index (χ0n) is 14.6.